The van der Waals surface area contributed by atoms with Crippen LogP contribution in [-0.2, 0) is 22.4 Å². The molecule has 3 rings (SSSR count). The molecule has 1 heterocycles. The molecule has 1 fully saturated rings. The average molecular weight is 258 g/mol. The van der Waals surface area contributed by atoms with Crippen molar-refractivity contribution < 1.29 is 9.59 Å². The highest BCUT2D eigenvalue weighted by Gasteiger charge is 2.39. The lowest BCUT2D eigenvalue weighted by Gasteiger charge is -2.38. The van der Waals surface area contributed by atoms with Crippen molar-refractivity contribution in [1.29, 1.82) is 0 Å². The van der Waals surface area contributed by atoms with E-state index in [1.165, 1.54) is 11.1 Å². The van der Waals surface area contributed by atoms with Crippen LogP contribution in [0.5, 0.6) is 0 Å². The molecule has 1 aromatic rings. The van der Waals surface area contributed by atoms with E-state index in [9.17, 15) is 9.59 Å². The monoisotopic (exact) mass is 258 g/mol. The molecule has 2 aliphatic rings. The summed E-state index contributed by atoms with van der Waals surface area (Å²) in [6.07, 6.45) is 2.40. The Labute approximate surface area is 112 Å². The van der Waals surface area contributed by atoms with Crippen molar-refractivity contribution >= 4 is 11.8 Å². The molecule has 2 amide bonds. The molecule has 0 saturated carbocycles. The van der Waals surface area contributed by atoms with Crippen molar-refractivity contribution in [3.8, 4) is 0 Å². The summed E-state index contributed by atoms with van der Waals surface area (Å²) in [5.74, 6) is 0.0299. The van der Waals surface area contributed by atoms with Crippen molar-refractivity contribution in [1.82, 2.24) is 10.2 Å². The summed E-state index contributed by atoms with van der Waals surface area (Å²) in [5.41, 5.74) is 2.61. The molecular formula is C15H18N2O2. The molecule has 1 unspecified atom stereocenters. The molecule has 0 radical (unpaired) electrons. The normalized spacial score (nSPS) is 23.4. The Balaban J connectivity index is 1.86. The summed E-state index contributed by atoms with van der Waals surface area (Å²) >= 11 is 0. The molecule has 0 aromatic heterocycles. The maximum Gasteiger partial charge on any atom is 0.243 e. The number of benzene rings is 1. The molecule has 19 heavy (non-hydrogen) atoms. The summed E-state index contributed by atoms with van der Waals surface area (Å²) in [7, 11) is 0. The Morgan fingerprint density at radius 3 is 2.42 bits per heavy atom. The Morgan fingerprint density at radius 1 is 1.21 bits per heavy atom. The SMILES string of the molecule is CCC1C(=O)NCC(=O)N1C1Cc2ccccc2C1. The molecule has 4 nitrogen and oxygen atoms in total. The number of fused-ring (bicyclic) bond motifs is 1. The van der Waals surface area contributed by atoms with Gasteiger partial charge in [-0.05, 0) is 30.4 Å². The number of piperazine rings is 1. The first-order valence-corrected chi connectivity index (χ1v) is 6.86. The van der Waals surface area contributed by atoms with Crippen LogP contribution in [0.15, 0.2) is 24.3 Å². The lowest BCUT2D eigenvalue weighted by molar-refractivity contribution is -0.148. The topological polar surface area (TPSA) is 49.4 Å². The van der Waals surface area contributed by atoms with Gasteiger partial charge in [0.2, 0.25) is 11.8 Å². The van der Waals surface area contributed by atoms with E-state index in [-0.39, 0.29) is 30.4 Å². The van der Waals surface area contributed by atoms with Crippen LogP contribution in [-0.4, -0.2) is 35.3 Å². The van der Waals surface area contributed by atoms with Gasteiger partial charge >= 0.3 is 0 Å². The summed E-state index contributed by atoms with van der Waals surface area (Å²) in [4.78, 5) is 25.9. The number of rotatable bonds is 2. The molecule has 1 aromatic carbocycles. The van der Waals surface area contributed by atoms with Gasteiger partial charge in [-0.25, -0.2) is 0 Å². The third-order valence-electron chi connectivity index (χ3n) is 4.15. The molecule has 1 saturated heterocycles. The Bertz CT molecular complexity index is 502. The van der Waals surface area contributed by atoms with E-state index in [1.807, 2.05) is 24.0 Å². The highest BCUT2D eigenvalue weighted by atomic mass is 16.2. The second-order valence-corrected chi connectivity index (χ2v) is 5.27. The molecule has 1 N–H and O–H groups in total. The smallest absolute Gasteiger partial charge is 0.243 e. The fraction of sp³-hybridized carbons (Fsp3) is 0.467. The van der Waals surface area contributed by atoms with Gasteiger partial charge in [0.1, 0.15) is 6.04 Å². The number of hydrogen-bond acceptors (Lipinski definition) is 2. The van der Waals surface area contributed by atoms with Crippen LogP contribution >= 0.6 is 0 Å². The van der Waals surface area contributed by atoms with Crippen LogP contribution in [0, 0.1) is 0 Å². The highest BCUT2D eigenvalue weighted by molar-refractivity contribution is 5.95. The molecule has 1 aliphatic heterocycles. The maximum absolute atomic E-state index is 12.2. The van der Waals surface area contributed by atoms with Gasteiger partial charge in [-0.15, -0.1) is 0 Å². The minimum Gasteiger partial charge on any atom is -0.345 e. The van der Waals surface area contributed by atoms with E-state index in [4.69, 9.17) is 0 Å². The van der Waals surface area contributed by atoms with Gasteiger partial charge in [-0.1, -0.05) is 31.2 Å². The lowest BCUT2D eigenvalue weighted by Crippen LogP contribution is -2.61. The summed E-state index contributed by atoms with van der Waals surface area (Å²) in [6, 6.07) is 8.13. The Hall–Kier alpha value is -1.84. The van der Waals surface area contributed by atoms with Crippen LogP contribution in [0.1, 0.15) is 24.5 Å². The predicted octanol–water partition coefficient (Wildman–Crippen LogP) is 0.891. The zero-order valence-electron chi connectivity index (χ0n) is 11.1. The maximum atomic E-state index is 12.2. The van der Waals surface area contributed by atoms with E-state index in [1.54, 1.807) is 0 Å². The number of carbonyl (C=O) groups is 2. The Morgan fingerprint density at radius 2 is 1.84 bits per heavy atom. The minimum absolute atomic E-state index is 0.0157. The predicted molar refractivity (Wildman–Crippen MR) is 71.6 cm³/mol. The first-order chi connectivity index (χ1) is 9.20. The zero-order valence-corrected chi connectivity index (χ0v) is 11.1. The number of amides is 2. The second kappa shape index (κ2) is 4.68. The van der Waals surface area contributed by atoms with Crippen molar-refractivity contribution in [3.63, 3.8) is 0 Å². The van der Waals surface area contributed by atoms with E-state index < -0.39 is 0 Å². The van der Waals surface area contributed by atoms with E-state index in [2.05, 4.69) is 17.4 Å². The molecule has 1 aliphatic carbocycles. The number of nitrogens with zero attached hydrogens (tertiary/aromatic N) is 1. The second-order valence-electron chi connectivity index (χ2n) is 5.27. The third-order valence-corrected chi connectivity index (χ3v) is 4.15. The minimum atomic E-state index is -0.305. The zero-order chi connectivity index (χ0) is 13.4. The number of carbonyl (C=O) groups excluding carboxylic acids is 2. The van der Waals surface area contributed by atoms with Crippen molar-refractivity contribution in [3.05, 3.63) is 35.4 Å². The average Bonchev–Trinajstić information content (AvgIpc) is 2.84. The summed E-state index contributed by atoms with van der Waals surface area (Å²) in [6.45, 7) is 2.10. The van der Waals surface area contributed by atoms with Gasteiger partial charge in [0.15, 0.2) is 0 Å². The molecule has 0 spiro atoms. The third kappa shape index (κ3) is 2.01. The fourth-order valence-corrected chi connectivity index (χ4v) is 3.24. The van der Waals surface area contributed by atoms with E-state index in [0.717, 1.165) is 12.8 Å². The quantitative estimate of drug-likeness (QED) is 0.856. The van der Waals surface area contributed by atoms with Gasteiger partial charge < -0.3 is 10.2 Å². The van der Waals surface area contributed by atoms with Crippen LogP contribution in [0.3, 0.4) is 0 Å². The van der Waals surface area contributed by atoms with Crippen LogP contribution in [0.25, 0.3) is 0 Å². The van der Waals surface area contributed by atoms with Crippen molar-refractivity contribution in [2.24, 2.45) is 0 Å². The molecular weight excluding hydrogens is 240 g/mol. The molecule has 0 bridgehead atoms. The van der Waals surface area contributed by atoms with Crippen LogP contribution in [0.4, 0.5) is 0 Å². The number of hydrogen-bond donors (Lipinski definition) is 1. The summed E-state index contributed by atoms with van der Waals surface area (Å²) < 4.78 is 0. The van der Waals surface area contributed by atoms with Crippen molar-refractivity contribution in [2.75, 3.05) is 6.54 Å². The van der Waals surface area contributed by atoms with Gasteiger partial charge in [-0.2, -0.15) is 0 Å². The lowest BCUT2D eigenvalue weighted by atomic mass is 10.0. The van der Waals surface area contributed by atoms with Gasteiger partial charge in [0, 0.05) is 6.04 Å². The standard InChI is InChI=1S/C15H18N2O2/c1-2-13-15(19)16-9-14(18)17(13)12-7-10-5-3-4-6-11(10)8-12/h3-6,12-13H,2,7-9H2,1H3,(H,16,19). The van der Waals surface area contributed by atoms with Gasteiger partial charge in [0.25, 0.3) is 0 Å². The highest BCUT2D eigenvalue weighted by Crippen LogP contribution is 2.28. The first-order valence-electron chi connectivity index (χ1n) is 6.86. The van der Waals surface area contributed by atoms with Crippen molar-refractivity contribution in [2.45, 2.75) is 38.3 Å². The van der Waals surface area contributed by atoms with Gasteiger partial charge in [0.05, 0.1) is 6.54 Å². The fourth-order valence-electron chi connectivity index (χ4n) is 3.24. The number of nitrogens with one attached hydrogen (secondary N) is 1. The molecule has 4 heteroatoms. The van der Waals surface area contributed by atoms with E-state index in [0.29, 0.717) is 6.42 Å². The molecule has 1 atom stereocenters. The summed E-state index contributed by atoms with van der Waals surface area (Å²) in [5, 5.41) is 2.68. The first kappa shape index (κ1) is 12.2. The largest absolute Gasteiger partial charge is 0.345 e. The Kier molecular flexibility index (Phi) is 3.01. The van der Waals surface area contributed by atoms with E-state index >= 15 is 0 Å². The molecule has 100 valence electrons. The van der Waals surface area contributed by atoms with Gasteiger partial charge in [-0.3, -0.25) is 9.59 Å². The van der Waals surface area contributed by atoms with Crippen LogP contribution in [0.2, 0.25) is 0 Å². The van der Waals surface area contributed by atoms with Crippen LogP contribution < -0.4 is 5.32 Å².